The summed E-state index contributed by atoms with van der Waals surface area (Å²) in [5.74, 6) is 1.83. The molecule has 0 atom stereocenters. The van der Waals surface area contributed by atoms with Crippen LogP contribution in [0.3, 0.4) is 0 Å². The van der Waals surface area contributed by atoms with Crippen molar-refractivity contribution in [3.63, 3.8) is 0 Å². The molecule has 1 aliphatic rings. The molecule has 1 fully saturated rings. The first-order valence-corrected chi connectivity index (χ1v) is 6.77. The van der Waals surface area contributed by atoms with Gasteiger partial charge in [-0.15, -0.1) is 0 Å². The van der Waals surface area contributed by atoms with Crippen LogP contribution in [0, 0.1) is 5.92 Å². The maximum Gasteiger partial charge on any atom is 0.121 e. The summed E-state index contributed by atoms with van der Waals surface area (Å²) in [6.07, 6.45) is 2.57. The Morgan fingerprint density at radius 1 is 1.33 bits per heavy atom. The first-order chi connectivity index (χ1) is 8.63. The Labute approximate surface area is 110 Å². The molecule has 3 heteroatoms. The average Bonchev–Trinajstić information content (AvgIpc) is 2.27. The van der Waals surface area contributed by atoms with Gasteiger partial charge in [0.25, 0.3) is 0 Å². The number of hydrogen-bond donors (Lipinski definition) is 1. The number of nitrogens with one attached hydrogen (secondary N) is 1. The summed E-state index contributed by atoms with van der Waals surface area (Å²) in [6, 6.07) is 8.93. The Morgan fingerprint density at radius 3 is 2.78 bits per heavy atom. The molecule has 1 aliphatic carbocycles. The molecule has 1 saturated carbocycles. The molecule has 0 aromatic heterocycles. The molecule has 18 heavy (non-hydrogen) atoms. The molecule has 1 aromatic carbocycles. The monoisotopic (exact) mass is 248 g/mol. The van der Waals surface area contributed by atoms with Gasteiger partial charge in [0.05, 0.1) is 0 Å². The van der Waals surface area contributed by atoms with E-state index in [0.29, 0.717) is 6.04 Å². The molecule has 0 heterocycles. The molecule has 2 rings (SSSR count). The van der Waals surface area contributed by atoms with Crippen molar-refractivity contribution in [3.8, 4) is 5.75 Å². The van der Waals surface area contributed by atoms with Crippen molar-refractivity contribution >= 4 is 5.69 Å². The minimum Gasteiger partial charge on any atom is -0.492 e. The van der Waals surface area contributed by atoms with Crippen molar-refractivity contribution in [1.82, 2.24) is 4.90 Å². The summed E-state index contributed by atoms with van der Waals surface area (Å²) in [4.78, 5) is 2.12. The molecule has 0 spiro atoms. The molecule has 100 valence electrons. The van der Waals surface area contributed by atoms with Gasteiger partial charge in [0.15, 0.2) is 0 Å². The smallest absolute Gasteiger partial charge is 0.121 e. The lowest BCUT2D eigenvalue weighted by Gasteiger charge is -2.34. The van der Waals surface area contributed by atoms with E-state index in [4.69, 9.17) is 4.74 Å². The van der Waals surface area contributed by atoms with Gasteiger partial charge in [0, 0.05) is 24.3 Å². The van der Waals surface area contributed by atoms with Crippen LogP contribution < -0.4 is 10.1 Å². The maximum absolute atomic E-state index is 5.73. The quantitative estimate of drug-likeness (QED) is 0.838. The van der Waals surface area contributed by atoms with E-state index in [1.165, 1.54) is 18.5 Å². The fourth-order valence-corrected chi connectivity index (χ4v) is 2.28. The second-order valence-electron chi connectivity index (χ2n) is 5.60. The standard InChI is InChI=1S/C15H24N2O/c1-12-9-14(10-12)16-13-5-4-6-15(11-13)18-8-7-17(2)3/h4-6,11-12,14,16H,7-10H2,1-3H3. The van der Waals surface area contributed by atoms with Gasteiger partial charge in [-0.05, 0) is 45.0 Å². The molecule has 3 nitrogen and oxygen atoms in total. The van der Waals surface area contributed by atoms with Gasteiger partial charge < -0.3 is 15.0 Å². The van der Waals surface area contributed by atoms with Gasteiger partial charge in [0.1, 0.15) is 12.4 Å². The summed E-state index contributed by atoms with van der Waals surface area (Å²) in [6.45, 7) is 3.98. The van der Waals surface area contributed by atoms with E-state index in [2.05, 4.69) is 49.4 Å². The summed E-state index contributed by atoms with van der Waals surface area (Å²) < 4.78 is 5.73. The van der Waals surface area contributed by atoms with E-state index in [9.17, 15) is 0 Å². The molecule has 0 unspecified atom stereocenters. The molecule has 0 bridgehead atoms. The Balaban J connectivity index is 1.81. The topological polar surface area (TPSA) is 24.5 Å². The fraction of sp³-hybridized carbons (Fsp3) is 0.600. The van der Waals surface area contributed by atoms with Crippen molar-refractivity contribution in [2.75, 3.05) is 32.6 Å². The molecule has 0 saturated heterocycles. The zero-order valence-electron chi connectivity index (χ0n) is 11.6. The Bertz CT molecular complexity index is 373. The molecule has 0 aliphatic heterocycles. The molecule has 0 radical (unpaired) electrons. The normalized spacial score (nSPS) is 22.7. The lowest BCUT2D eigenvalue weighted by atomic mass is 9.82. The highest BCUT2D eigenvalue weighted by molar-refractivity contribution is 5.49. The second kappa shape index (κ2) is 6.10. The number of anilines is 1. The van der Waals surface area contributed by atoms with Gasteiger partial charge in [-0.25, -0.2) is 0 Å². The van der Waals surface area contributed by atoms with Crippen molar-refractivity contribution in [2.45, 2.75) is 25.8 Å². The van der Waals surface area contributed by atoms with E-state index >= 15 is 0 Å². The highest BCUT2D eigenvalue weighted by Crippen LogP contribution is 2.30. The van der Waals surface area contributed by atoms with Crippen molar-refractivity contribution < 1.29 is 4.74 Å². The first-order valence-electron chi connectivity index (χ1n) is 6.77. The van der Waals surface area contributed by atoms with Gasteiger partial charge in [0.2, 0.25) is 0 Å². The Morgan fingerprint density at radius 2 is 2.11 bits per heavy atom. The fourth-order valence-electron chi connectivity index (χ4n) is 2.28. The van der Waals surface area contributed by atoms with Crippen LogP contribution in [0.5, 0.6) is 5.75 Å². The number of nitrogens with zero attached hydrogens (tertiary/aromatic N) is 1. The maximum atomic E-state index is 5.73. The molecule has 1 N–H and O–H groups in total. The predicted molar refractivity (Wildman–Crippen MR) is 76.3 cm³/mol. The summed E-state index contributed by atoms with van der Waals surface area (Å²) in [5, 5.41) is 3.56. The summed E-state index contributed by atoms with van der Waals surface area (Å²) in [5.41, 5.74) is 1.18. The second-order valence-corrected chi connectivity index (χ2v) is 5.60. The van der Waals surface area contributed by atoms with Gasteiger partial charge >= 0.3 is 0 Å². The number of benzene rings is 1. The first kappa shape index (κ1) is 13.2. The third kappa shape index (κ3) is 3.91. The van der Waals surface area contributed by atoms with E-state index in [-0.39, 0.29) is 0 Å². The zero-order chi connectivity index (χ0) is 13.0. The highest BCUT2D eigenvalue weighted by Gasteiger charge is 2.24. The van der Waals surface area contributed by atoms with Crippen LogP contribution in [0.4, 0.5) is 5.69 Å². The largest absolute Gasteiger partial charge is 0.492 e. The number of ether oxygens (including phenoxy) is 1. The van der Waals surface area contributed by atoms with Crippen molar-refractivity contribution in [1.29, 1.82) is 0 Å². The summed E-state index contributed by atoms with van der Waals surface area (Å²) >= 11 is 0. The van der Waals surface area contributed by atoms with Crippen LogP contribution in [-0.4, -0.2) is 38.2 Å². The Kier molecular flexibility index (Phi) is 4.48. The van der Waals surface area contributed by atoms with Crippen LogP contribution in [0.2, 0.25) is 0 Å². The predicted octanol–water partition coefficient (Wildman–Crippen LogP) is 2.84. The average molecular weight is 248 g/mol. The zero-order valence-corrected chi connectivity index (χ0v) is 11.6. The van der Waals surface area contributed by atoms with Crippen LogP contribution in [0.1, 0.15) is 19.8 Å². The van der Waals surface area contributed by atoms with Crippen LogP contribution in [0.15, 0.2) is 24.3 Å². The lowest BCUT2D eigenvalue weighted by Crippen LogP contribution is -2.33. The van der Waals surface area contributed by atoms with E-state index in [1.807, 2.05) is 6.07 Å². The van der Waals surface area contributed by atoms with Crippen LogP contribution in [0.25, 0.3) is 0 Å². The van der Waals surface area contributed by atoms with Crippen LogP contribution >= 0.6 is 0 Å². The number of likely N-dealkylation sites (N-methyl/N-ethyl adjacent to an activating group) is 1. The SMILES string of the molecule is CC1CC(Nc2cccc(OCCN(C)C)c2)C1. The number of rotatable bonds is 6. The molecule has 1 aromatic rings. The lowest BCUT2D eigenvalue weighted by molar-refractivity contribution is 0.261. The van der Waals surface area contributed by atoms with E-state index < -0.39 is 0 Å². The highest BCUT2D eigenvalue weighted by atomic mass is 16.5. The van der Waals surface area contributed by atoms with Crippen molar-refractivity contribution in [3.05, 3.63) is 24.3 Å². The van der Waals surface area contributed by atoms with E-state index in [1.54, 1.807) is 0 Å². The van der Waals surface area contributed by atoms with Crippen molar-refractivity contribution in [2.24, 2.45) is 5.92 Å². The van der Waals surface area contributed by atoms with Gasteiger partial charge in [-0.2, -0.15) is 0 Å². The molecule has 0 amide bonds. The third-order valence-corrected chi connectivity index (χ3v) is 3.39. The summed E-state index contributed by atoms with van der Waals surface area (Å²) in [7, 11) is 4.11. The third-order valence-electron chi connectivity index (χ3n) is 3.39. The van der Waals surface area contributed by atoms with E-state index in [0.717, 1.165) is 24.8 Å². The number of hydrogen-bond acceptors (Lipinski definition) is 3. The van der Waals surface area contributed by atoms with Crippen LogP contribution in [-0.2, 0) is 0 Å². The Hall–Kier alpha value is -1.22. The van der Waals surface area contributed by atoms with Gasteiger partial charge in [-0.3, -0.25) is 0 Å². The molecular weight excluding hydrogens is 224 g/mol. The minimum atomic E-state index is 0.650. The van der Waals surface area contributed by atoms with Gasteiger partial charge in [-0.1, -0.05) is 13.0 Å². The minimum absolute atomic E-state index is 0.650. The molecular formula is C15H24N2O.